The first-order chi connectivity index (χ1) is 12.9. The van der Waals surface area contributed by atoms with Gasteiger partial charge in [-0.2, -0.15) is 10.2 Å². The minimum atomic E-state index is -2.69. The van der Waals surface area contributed by atoms with Crippen molar-refractivity contribution >= 4 is 11.6 Å². The number of halogens is 2. The standard InChI is InChI=1S/C18H20F2N6O/c1-10-12(7-21-25(10)3)9-24(2)18(27)13-8-22-26-15(16(19)20)6-14(11-4-5-11)23-17(13)26/h6-8,11,16H,4-5,9H2,1-3H3. The van der Waals surface area contributed by atoms with E-state index in [0.717, 1.165) is 28.6 Å². The second-order valence-electron chi connectivity index (χ2n) is 7.01. The highest BCUT2D eigenvalue weighted by Gasteiger charge is 2.29. The Morgan fingerprint density at radius 1 is 1.33 bits per heavy atom. The maximum atomic E-state index is 13.5. The van der Waals surface area contributed by atoms with Crippen LogP contribution in [0.2, 0.25) is 0 Å². The maximum absolute atomic E-state index is 13.5. The van der Waals surface area contributed by atoms with Crippen molar-refractivity contribution in [1.82, 2.24) is 29.3 Å². The van der Waals surface area contributed by atoms with Gasteiger partial charge in [0.1, 0.15) is 11.3 Å². The molecule has 0 N–H and O–H groups in total. The number of alkyl halides is 2. The molecular weight excluding hydrogens is 354 g/mol. The third-order valence-corrected chi connectivity index (χ3v) is 5.06. The van der Waals surface area contributed by atoms with Crippen molar-refractivity contribution in [2.24, 2.45) is 7.05 Å². The summed E-state index contributed by atoms with van der Waals surface area (Å²) in [6.07, 6.45) is 2.21. The summed E-state index contributed by atoms with van der Waals surface area (Å²) in [6, 6.07) is 1.40. The molecule has 0 aliphatic heterocycles. The zero-order chi connectivity index (χ0) is 19.3. The molecule has 0 atom stereocenters. The van der Waals surface area contributed by atoms with Crippen LogP contribution >= 0.6 is 0 Å². The molecule has 3 aromatic rings. The summed E-state index contributed by atoms with van der Waals surface area (Å²) in [7, 11) is 3.50. The van der Waals surface area contributed by atoms with E-state index < -0.39 is 6.43 Å². The first kappa shape index (κ1) is 17.6. The third kappa shape index (κ3) is 3.07. The highest BCUT2D eigenvalue weighted by molar-refractivity contribution is 5.99. The maximum Gasteiger partial charge on any atom is 0.280 e. The van der Waals surface area contributed by atoms with Crippen molar-refractivity contribution in [3.8, 4) is 0 Å². The Morgan fingerprint density at radius 2 is 2.07 bits per heavy atom. The molecule has 1 saturated carbocycles. The van der Waals surface area contributed by atoms with E-state index in [9.17, 15) is 13.6 Å². The Labute approximate surface area is 154 Å². The molecule has 3 aromatic heterocycles. The van der Waals surface area contributed by atoms with Gasteiger partial charge in [-0.15, -0.1) is 0 Å². The second kappa shape index (κ2) is 6.40. The molecule has 1 fully saturated rings. The van der Waals surface area contributed by atoms with Crippen molar-refractivity contribution in [1.29, 1.82) is 0 Å². The summed E-state index contributed by atoms with van der Waals surface area (Å²) in [5.41, 5.74) is 2.68. The van der Waals surface area contributed by atoms with Gasteiger partial charge in [0.05, 0.1) is 12.4 Å². The Morgan fingerprint density at radius 3 is 2.67 bits per heavy atom. The molecule has 1 aliphatic carbocycles. The summed E-state index contributed by atoms with van der Waals surface area (Å²) < 4.78 is 29.8. The van der Waals surface area contributed by atoms with Crippen LogP contribution < -0.4 is 0 Å². The fraction of sp³-hybridized carbons (Fsp3) is 0.444. The molecule has 1 amide bonds. The predicted molar refractivity (Wildman–Crippen MR) is 93.7 cm³/mol. The van der Waals surface area contributed by atoms with Crippen LogP contribution in [0, 0.1) is 6.92 Å². The fourth-order valence-electron chi connectivity index (χ4n) is 3.13. The van der Waals surface area contributed by atoms with Crippen molar-refractivity contribution in [3.63, 3.8) is 0 Å². The number of aromatic nitrogens is 5. The summed E-state index contributed by atoms with van der Waals surface area (Å²) in [5, 5.41) is 8.18. The van der Waals surface area contributed by atoms with Crippen LogP contribution in [0.25, 0.3) is 5.65 Å². The molecule has 0 radical (unpaired) electrons. The van der Waals surface area contributed by atoms with Crippen molar-refractivity contribution in [2.45, 2.75) is 38.7 Å². The molecule has 7 nitrogen and oxygen atoms in total. The fourth-order valence-corrected chi connectivity index (χ4v) is 3.13. The number of amides is 1. The van der Waals surface area contributed by atoms with Gasteiger partial charge in [0.25, 0.3) is 12.3 Å². The van der Waals surface area contributed by atoms with Crippen molar-refractivity contribution in [3.05, 3.63) is 46.7 Å². The van der Waals surface area contributed by atoms with Crippen LogP contribution in [-0.2, 0) is 13.6 Å². The van der Waals surface area contributed by atoms with E-state index in [0.29, 0.717) is 12.2 Å². The Balaban J connectivity index is 1.70. The van der Waals surface area contributed by atoms with Crippen LogP contribution in [0.3, 0.4) is 0 Å². The number of nitrogens with zero attached hydrogens (tertiary/aromatic N) is 6. The van der Waals surface area contributed by atoms with Crippen LogP contribution in [0.4, 0.5) is 8.78 Å². The molecule has 0 aromatic carbocycles. The number of aryl methyl sites for hydroxylation is 1. The van der Waals surface area contributed by atoms with E-state index in [2.05, 4.69) is 15.2 Å². The number of rotatable bonds is 5. The first-order valence-corrected chi connectivity index (χ1v) is 8.76. The largest absolute Gasteiger partial charge is 0.337 e. The second-order valence-corrected chi connectivity index (χ2v) is 7.01. The Kier molecular flexibility index (Phi) is 4.16. The van der Waals surface area contributed by atoms with Crippen molar-refractivity contribution < 1.29 is 13.6 Å². The monoisotopic (exact) mass is 374 g/mol. The number of carbonyl (C=O) groups excluding carboxylic acids is 1. The molecule has 3 heterocycles. The van der Waals surface area contributed by atoms with Gasteiger partial charge < -0.3 is 4.90 Å². The van der Waals surface area contributed by atoms with E-state index in [4.69, 9.17) is 0 Å². The van der Waals surface area contributed by atoms with Crippen LogP contribution in [-0.4, -0.2) is 42.2 Å². The predicted octanol–water partition coefficient (Wildman–Crippen LogP) is 2.86. The summed E-state index contributed by atoms with van der Waals surface area (Å²) in [4.78, 5) is 18.9. The van der Waals surface area contributed by atoms with Crippen molar-refractivity contribution in [2.75, 3.05) is 7.05 Å². The SMILES string of the molecule is Cc1c(CN(C)C(=O)c2cnn3c(C(F)F)cc(C4CC4)nc23)cnn1C. The van der Waals surface area contributed by atoms with E-state index in [1.807, 2.05) is 14.0 Å². The molecule has 9 heteroatoms. The van der Waals surface area contributed by atoms with E-state index >= 15 is 0 Å². The Hall–Kier alpha value is -2.84. The summed E-state index contributed by atoms with van der Waals surface area (Å²) in [6.45, 7) is 2.29. The minimum Gasteiger partial charge on any atom is -0.337 e. The lowest BCUT2D eigenvalue weighted by Crippen LogP contribution is -2.26. The number of hydrogen-bond acceptors (Lipinski definition) is 4. The number of hydrogen-bond donors (Lipinski definition) is 0. The highest BCUT2D eigenvalue weighted by atomic mass is 19.3. The van der Waals surface area contributed by atoms with Gasteiger partial charge in [0.2, 0.25) is 0 Å². The minimum absolute atomic E-state index is 0.189. The summed E-state index contributed by atoms with van der Waals surface area (Å²) >= 11 is 0. The number of fused-ring (bicyclic) bond motifs is 1. The molecule has 142 valence electrons. The molecule has 4 rings (SSSR count). The van der Waals surface area contributed by atoms with Gasteiger partial charge in [-0.05, 0) is 25.8 Å². The smallest absolute Gasteiger partial charge is 0.280 e. The van der Waals surface area contributed by atoms with Gasteiger partial charge in [0.15, 0.2) is 5.65 Å². The lowest BCUT2D eigenvalue weighted by atomic mass is 10.2. The molecular formula is C18H20F2N6O. The van der Waals surface area contributed by atoms with Crippen LogP contribution in [0.5, 0.6) is 0 Å². The Bertz CT molecular complexity index is 1020. The normalized spacial score (nSPS) is 14.3. The molecule has 0 saturated heterocycles. The third-order valence-electron chi connectivity index (χ3n) is 5.06. The molecule has 0 unspecified atom stereocenters. The van der Waals surface area contributed by atoms with E-state index in [1.54, 1.807) is 17.9 Å². The number of carbonyl (C=O) groups is 1. The van der Waals surface area contributed by atoms with E-state index in [-0.39, 0.29) is 28.7 Å². The average Bonchev–Trinajstić information content (AvgIpc) is 3.34. The molecule has 1 aliphatic rings. The van der Waals surface area contributed by atoms with E-state index in [1.165, 1.54) is 17.2 Å². The van der Waals surface area contributed by atoms with Gasteiger partial charge in [-0.25, -0.2) is 18.3 Å². The molecule has 27 heavy (non-hydrogen) atoms. The highest BCUT2D eigenvalue weighted by Crippen LogP contribution is 2.40. The van der Waals surface area contributed by atoms with Crippen LogP contribution in [0.15, 0.2) is 18.5 Å². The zero-order valence-corrected chi connectivity index (χ0v) is 15.4. The zero-order valence-electron chi connectivity index (χ0n) is 15.4. The summed E-state index contributed by atoms with van der Waals surface area (Å²) in [5.74, 6) is -0.116. The van der Waals surface area contributed by atoms with Crippen LogP contribution in [0.1, 0.15) is 58.2 Å². The topological polar surface area (TPSA) is 68.3 Å². The lowest BCUT2D eigenvalue weighted by molar-refractivity contribution is 0.0786. The lowest BCUT2D eigenvalue weighted by Gasteiger charge is -2.16. The molecule has 0 spiro atoms. The quantitative estimate of drug-likeness (QED) is 0.689. The molecule has 0 bridgehead atoms. The first-order valence-electron chi connectivity index (χ1n) is 8.76. The van der Waals surface area contributed by atoms with Gasteiger partial charge in [0, 0.05) is 43.5 Å². The van der Waals surface area contributed by atoms with Gasteiger partial charge in [-0.3, -0.25) is 9.48 Å². The average molecular weight is 374 g/mol. The van der Waals surface area contributed by atoms with Gasteiger partial charge in [-0.1, -0.05) is 0 Å². The van der Waals surface area contributed by atoms with Gasteiger partial charge >= 0.3 is 0 Å².